The second-order valence-corrected chi connectivity index (χ2v) is 7.01. The fourth-order valence-electron chi connectivity index (χ4n) is 4.18. The molecule has 1 saturated carbocycles. The van der Waals surface area contributed by atoms with Gasteiger partial charge in [-0.3, -0.25) is 4.79 Å². The van der Waals surface area contributed by atoms with Crippen molar-refractivity contribution in [2.45, 2.75) is 19.8 Å². The van der Waals surface area contributed by atoms with Crippen molar-refractivity contribution in [2.24, 2.45) is 17.8 Å². The predicted molar refractivity (Wildman–Crippen MR) is 93.1 cm³/mol. The van der Waals surface area contributed by atoms with Crippen LogP contribution in [0.4, 0.5) is 5.82 Å². The van der Waals surface area contributed by atoms with Crippen LogP contribution in [-0.2, 0) is 9.53 Å². The average molecular weight is 346 g/mol. The number of rotatable bonds is 4. The molecule has 0 radical (unpaired) electrons. The van der Waals surface area contributed by atoms with Gasteiger partial charge in [0.2, 0.25) is 5.28 Å². The molecule has 2 unspecified atom stereocenters. The Balaban J connectivity index is 1.54. The van der Waals surface area contributed by atoms with Crippen molar-refractivity contribution in [1.29, 1.82) is 0 Å². The summed E-state index contributed by atoms with van der Waals surface area (Å²) in [4.78, 5) is 22.9. The van der Waals surface area contributed by atoms with Crippen LogP contribution < -0.4 is 4.90 Å². The highest BCUT2D eigenvalue weighted by atomic mass is 35.5. The van der Waals surface area contributed by atoms with Crippen LogP contribution >= 0.6 is 11.6 Å². The van der Waals surface area contributed by atoms with Crippen LogP contribution in [0.5, 0.6) is 0 Å². The third kappa shape index (κ3) is 2.71. The van der Waals surface area contributed by atoms with E-state index in [1.807, 2.05) is 31.2 Å². The highest BCUT2D eigenvalue weighted by molar-refractivity contribution is 6.28. The number of para-hydroxylation sites is 1. The number of hydrogen-bond donors (Lipinski definition) is 0. The molecule has 1 aromatic heterocycles. The van der Waals surface area contributed by atoms with E-state index >= 15 is 0 Å². The minimum Gasteiger partial charge on any atom is -0.466 e. The lowest BCUT2D eigenvalue weighted by atomic mass is 9.60. The number of piperidine rings is 2. The molecule has 2 aliphatic heterocycles. The van der Waals surface area contributed by atoms with E-state index in [-0.39, 0.29) is 11.3 Å². The fraction of sp³-hybridized carbons (Fsp3) is 0.500. The van der Waals surface area contributed by atoms with E-state index in [2.05, 4.69) is 14.9 Å². The van der Waals surface area contributed by atoms with Crippen LogP contribution in [0.1, 0.15) is 19.8 Å². The summed E-state index contributed by atoms with van der Waals surface area (Å²) in [7, 11) is 0. The third-order valence-electron chi connectivity index (χ3n) is 5.29. The zero-order valence-corrected chi connectivity index (χ0v) is 14.4. The van der Waals surface area contributed by atoms with Crippen LogP contribution in [0.15, 0.2) is 24.3 Å². The molecule has 0 spiro atoms. The monoisotopic (exact) mass is 345 g/mol. The van der Waals surface area contributed by atoms with Gasteiger partial charge < -0.3 is 9.64 Å². The molecule has 126 valence electrons. The van der Waals surface area contributed by atoms with Gasteiger partial charge in [-0.05, 0) is 54.8 Å². The first-order valence-corrected chi connectivity index (χ1v) is 8.86. The van der Waals surface area contributed by atoms with Crippen molar-refractivity contribution in [2.75, 3.05) is 24.6 Å². The van der Waals surface area contributed by atoms with E-state index in [1.165, 1.54) is 6.42 Å². The number of carbonyl (C=O) groups excluding carboxylic acids is 1. The summed E-state index contributed by atoms with van der Waals surface area (Å²) in [6.45, 7) is 4.14. The van der Waals surface area contributed by atoms with E-state index in [0.717, 1.165) is 29.8 Å². The van der Waals surface area contributed by atoms with Gasteiger partial charge in [0.15, 0.2) is 0 Å². The van der Waals surface area contributed by atoms with Crippen molar-refractivity contribution in [1.82, 2.24) is 9.97 Å². The molecule has 3 fully saturated rings. The van der Waals surface area contributed by atoms with Crippen LogP contribution in [0.2, 0.25) is 5.28 Å². The first-order valence-electron chi connectivity index (χ1n) is 8.48. The van der Waals surface area contributed by atoms with Crippen molar-refractivity contribution in [3.8, 4) is 0 Å². The van der Waals surface area contributed by atoms with Gasteiger partial charge in [0.1, 0.15) is 5.82 Å². The fourth-order valence-corrected chi connectivity index (χ4v) is 4.35. The lowest BCUT2D eigenvalue weighted by Crippen LogP contribution is -2.56. The van der Waals surface area contributed by atoms with Crippen molar-refractivity contribution < 1.29 is 9.53 Å². The van der Waals surface area contributed by atoms with E-state index in [0.29, 0.717) is 30.8 Å². The number of anilines is 1. The predicted octanol–water partition coefficient (Wildman–Crippen LogP) is 3.31. The average Bonchev–Trinajstić information content (AvgIpc) is 2.59. The van der Waals surface area contributed by atoms with Crippen LogP contribution in [0, 0.1) is 17.8 Å². The molecule has 0 amide bonds. The summed E-state index contributed by atoms with van der Waals surface area (Å²) < 4.78 is 5.11. The summed E-state index contributed by atoms with van der Waals surface area (Å²) in [5.41, 5.74) is 0.870. The summed E-state index contributed by atoms with van der Waals surface area (Å²) in [6, 6.07) is 7.95. The van der Waals surface area contributed by atoms with Crippen LogP contribution in [0.3, 0.4) is 0 Å². The number of ether oxygens (including phenoxy) is 1. The van der Waals surface area contributed by atoms with Gasteiger partial charge in [-0.15, -0.1) is 0 Å². The number of benzene rings is 1. The van der Waals surface area contributed by atoms with Gasteiger partial charge in [-0.25, -0.2) is 4.98 Å². The Morgan fingerprint density at radius 2 is 2.04 bits per heavy atom. The maximum Gasteiger partial charge on any atom is 0.306 e. The van der Waals surface area contributed by atoms with Crippen LogP contribution in [0.25, 0.3) is 10.9 Å². The molecule has 3 heterocycles. The zero-order valence-electron chi connectivity index (χ0n) is 13.6. The summed E-state index contributed by atoms with van der Waals surface area (Å²) in [5, 5.41) is 1.32. The lowest BCUT2D eigenvalue weighted by molar-refractivity contribution is -0.147. The van der Waals surface area contributed by atoms with E-state index < -0.39 is 0 Å². The van der Waals surface area contributed by atoms with E-state index in [1.54, 1.807) is 0 Å². The molecule has 0 N–H and O–H groups in total. The van der Waals surface area contributed by atoms with Gasteiger partial charge in [-0.1, -0.05) is 12.1 Å². The van der Waals surface area contributed by atoms with Crippen molar-refractivity contribution in [3.63, 3.8) is 0 Å². The molecule has 2 atom stereocenters. The largest absolute Gasteiger partial charge is 0.466 e. The number of esters is 1. The lowest BCUT2D eigenvalue weighted by Gasteiger charge is -2.53. The molecule has 3 aliphatic rings. The van der Waals surface area contributed by atoms with Gasteiger partial charge in [0.25, 0.3) is 0 Å². The maximum atomic E-state index is 11.8. The van der Waals surface area contributed by atoms with E-state index in [4.69, 9.17) is 16.3 Å². The minimum atomic E-state index is -0.0684. The molecular weight excluding hydrogens is 326 g/mol. The molecule has 1 aromatic carbocycles. The summed E-state index contributed by atoms with van der Waals surface area (Å²) in [6.07, 6.45) is 1.74. The quantitative estimate of drug-likeness (QED) is 0.628. The number of carbonyl (C=O) groups is 1. The van der Waals surface area contributed by atoms with Crippen molar-refractivity contribution >= 4 is 34.3 Å². The number of nitrogens with zero attached hydrogens (tertiary/aromatic N) is 3. The first kappa shape index (κ1) is 15.6. The highest BCUT2D eigenvalue weighted by Crippen LogP contribution is 2.48. The summed E-state index contributed by atoms with van der Waals surface area (Å²) >= 11 is 6.11. The standard InChI is InChI=1S/C18H20ClN3O2/c1-2-24-16(23)8-14-11-7-12(14)10-22(9-11)17-13-5-3-4-6-15(13)20-18(19)21-17/h3-6,11-12,14H,2,7-10H2,1H3. The maximum absolute atomic E-state index is 11.8. The first-order chi connectivity index (χ1) is 11.7. The molecule has 5 nitrogen and oxygen atoms in total. The Morgan fingerprint density at radius 1 is 1.29 bits per heavy atom. The molecule has 5 rings (SSSR count). The van der Waals surface area contributed by atoms with Gasteiger partial charge in [-0.2, -0.15) is 4.98 Å². The molecule has 2 bridgehead atoms. The molecule has 1 aliphatic carbocycles. The Labute approximate surface area is 146 Å². The highest BCUT2D eigenvalue weighted by Gasteiger charge is 2.47. The number of halogens is 1. The number of fused-ring (bicyclic) bond motifs is 3. The third-order valence-corrected chi connectivity index (χ3v) is 5.46. The summed E-state index contributed by atoms with van der Waals surface area (Å²) in [5.74, 6) is 2.35. The number of hydrogen-bond acceptors (Lipinski definition) is 5. The van der Waals surface area contributed by atoms with Gasteiger partial charge >= 0.3 is 5.97 Å². The molecule has 2 saturated heterocycles. The molecular formula is C18H20ClN3O2. The zero-order chi connectivity index (χ0) is 16.7. The van der Waals surface area contributed by atoms with E-state index in [9.17, 15) is 4.79 Å². The smallest absolute Gasteiger partial charge is 0.306 e. The second-order valence-electron chi connectivity index (χ2n) is 6.67. The second kappa shape index (κ2) is 6.20. The Kier molecular flexibility index (Phi) is 4.04. The minimum absolute atomic E-state index is 0.0684. The Bertz CT molecular complexity index is 770. The van der Waals surface area contributed by atoms with Crippen molar-refractivity contribution in [3.05, 3.63) is 29.5 Å². The van der Waals surface area contributed by atoms with Crippen LogP contribution in [-0.4, -0.2) is 35.6 Å². The molecule has 24 heavy (non-hydrogen) atoms. The topological polar surface area (TPSA) is 55.3 Å². The number of aromatic nitrogens is 2. The normalized spacial score (nSPS) is 25.4. The Morgan fingerprint density at radius 3 is 2.79 bits per heavy atom. The molecule has 2 aromatic rings. The SMILES string of the molecule is CCOC(=O)CC1C2CC1CN(c1nc(Cl)nc3ccccc13)C2. The molecule has 6 heteroatoms. The Hall–Kier alpha value is -1.88. The van der Waals surface area contributed by atoms with Gasteiger partial charge in [0.05, 0.1) is 12.1 Å². The van der Waals surface area contributed by atoms with Gasteiger partial charge in [0, 0.05) is 24.9 Å².